The molecule has 6 nitrogen and oxygen atoms in total. The number of anilines is 1. The van der Waals surface area contributed by atoms with Gasteiger partial charge in [0.2, 0.25) is 5.91 Å². The summed E-state index contributed by atoms with van der Waals surface area (Å²) in [5.41, 5.74) is 0.360. The SMILES string of the molecule is O=C1CC[C@H]2CN(c3cn[nH]c(=O)c3Cl)CC[C@@H]2N1C1CC1. The fourth-order valence-electron chi connectivity index (χ4n) is 3.93. The van der Waals surface area contributed by atoms with Gasteiger partial charge in [-0.25, -0.2) is 5.10 Å². The molecule has 2 aliphatic heterocycles. The second kappa shape index (κ2) is 5.26. The summed E-state index contributed by atoms with van der Waals surface area (Å²) in [6.07, 6.45) is 6.45. The Balaban J connectivity index is 1.56. The highest BCUT2D eigenvalue weighted by atomic mass is 35.5. The molecule has 0 radical (unpaired) electrons. The third-order valence-corrected chi connectivity index (χ3v) is 5.49. The van der Waals surface area contributed by atoms with Crippen LogP contribution in [0.3, 0.4) is 0 Å². The van der Waals surface area contributed by atoms with Gasteiger partial charge in [-0.3, -0.25) is 9.59 Å². The van der Waals surface area contributed by atoms with Crippen LogP contribution in [0.25, 0.3) is 0 Å². The first-order valence-corrected chi connectivity index (χ1v) is 8.32. The Morgan fingerprint density at radius 3 is 2.82 bits per heavy atom. The second-order valence-corrected chi connectivity index (χ2v) is 6.91. The fraction of sp³-hybridized carbons (Fsp3) is 0.667. The van der Waals surface area contributed by atoms with Gasteiger partial charge in [0.05, 0.1) is 11.9 Å². The van der Waals surface area contributed by atoms with E-state index < -0.39 is 0 Å². The average molecular weight is 323 g/mol. The van der Waals surface area contributed by atoms with Crippen LogP contribution in [0.1, 0.15) is 32.1 Å². The first kappa shape index (κ1) is 14.1. The zero-order valence-electron chi connectivity index (χ0n) is 12.3. The number of fused-ring (bicyclic) bond motifs is 1. The molecule has 1 aliphatic carbocycles. The predicted octanol–water partition coefficient (Wildman–Crippen LogP) is 1.40. The summed E-state index contributed by atoms with van der Waals surface area (Å²) >= 11 is 6.12. The maximum Gasteiger partial charge on any atom is 0.285 e. The summed E-state index contributed by atoms with van der Waals surface area (Å²) in [5.74, 6) is 0.787. The van der Waals surface area contributed by atoms with Gasteiger partial charge in [0.15, 0.2) is 0 Å². The smallest absolute Gasteiger partial charge is 0.285 e. The van der Waals surface area contributed by atoms with Crippen molar-refractivity contribution in [2.24, 2.45) is 5.92 Å². The molecule has 1 aromatic heterocycles. The Hall–Kier alpha value is -1.56. The minimum Gasteiger partial charge on any atom is -0.368 e. The minimum absolute atomic E-state index is 0.208. The monoisotopic (exact) mass is 322 g/mol. The number of carbonyl (C=O) groups is 1. The van der Waals surface area contributed by atoms with Crippen LogP contribution in [0.5, 0.6) is 0 Å². The fourth-order valence-corrected chi connectivity index (χ4v) is 4.14. The Labute approximate surface area is 133 Å². The molecule has 3 fully saturated rings. The number of H-pyrrole nitrogens is 1. The van der Waals surface area contributed by atoms with Crippen LogP contribution < -0.4 is 10.5 Å². The number of rotatable bonds is 2. The summed E-state index contributed by atoms with van der Waals surface area (Å²) in [6.45, 7) is 1.65. The molecule has 7 heteroatoms. The number of hydrogen-bond donors (Lipinski definition) is 1. The third-order valence-electron chi connectivity index (χ3n) is 5.13. The van der Waals surface area contributed by atoms with Gasteiger partial charge in [0, 0.05) is 31.6 Å². The van der Waals surface area contributed by atoms with E-state index >= 15 is 0 Å². The summed E-state index contributed by atoms with van der Waals surface area (Å²) < 4.78 is 0. The molecular weight excluding hydrogens is 304 g/mol. The zero-order chi connectivity index (χ0) is 15.3. The number of amides is 1. The van der Waals surface area contributed by atoms with Gasteiger partial charge in [-0.15, -0.1) is 0 Å². The summed E-state index contributed by atoms with van der Waals surface area (Å²) in [4.78, 5) is 28.1. The van der Waals surface area contributed by atoms with Gasteiger partial charge < -0.3 is 9.80 Å². The lowest BCUT2D eigenvalue weighted by Crippen LogP contribution is -2.56. The van der Waals surface area contributed by atoms with E-state index in [0.29, 0.717) is 36.0 Å². The number of piperidine rings is 2. The number of nitrogens with zero attached hydrogens (tertiary/aromatic N) is 3. The topological polar surface area (TPSA) is 69.3 Å². The van der Waals surface area contributed by atoms with E-state index in [0.717, 1.165) is 38.8 Å². The van der Waals surface area contributed by atoms with Gasteiger partial charge in [-0.05, 0) is 31.6 Å². The number of nitrogens with one attached hydrogen (secondary N) is 1. The lowest BCUT2D eigenvalue weighted by Gasteiger charge is -2.48. The van der Waals surface area contributed by atoms with Crippen molar-refractivity contribution in [1.82, 2.24) is 15.1 Å². The summed E-state index contributed by atoms with van der Waals surface area (Å²) in [7, 11) is 0. The average Bonchev–Trinajstić information content (AvgIpc) is 3.34. The quantitative estimate of drug-likeness (QED) is 0.893. The van der Waals surface area contributed by atoms with Crippen molar-refractivity contribution >= 4 is 23.2 Å². The molecule has 0 bridgehead atoms. The normalized spacial score (nSPS) is 28.7. The van der Waals surface area contributed by atoms with Crippen LogP contribution in [0.15, 0.2) is 11.0 Å². The first-order chi connectivity index (χ1) is 10.6. The number of halogens is 1. The largest absolute Gasteiger partial charge is 0.368 e. The number of aromatic nitrogens is 2. The van der Waals surface area contributed by atoms with E-state index in [4.69, 9.17) is 11.6 Å². The maximum atomic E-state index is 12.2. The molecular formula is C15H19ClN4O2. The number of carbonyl (C=O) groups excluding carboxylic acids is 1. The van der Waals surface area contributed by atoms with E-state index in [1.807, 2.05) is 0 Å². The van der Waals surface area contributed by atoms with E-state index in [-0.39, 0.29) is 10.6 Å². The minimum atomic E-state index is -0.347. The maximum absolute atomic E-state index is 12.2. The molecule has 1 aromatic rings. The number of hydrogen-bond acceptors (Lipinski definition) is 4. The van der Waals surface area contributed by atoms with Crippen molar-refractivity contribution in [3.8, 4) is 0 Å². The van der Waals surface area contributed by atoms with Gasteiger partial charge >= 0.3 is 0 Å². The molecule has 1 N–H and O–H groups in total. The predicted molar refractivity (Wildman–Crippen MR) is 83.1 cm³/mol. The van der Waals surface area contributed by atoms with Crippen molar-refractivity contribution in [3.63, 3.8) is 0 Å². The van der Waals surface area contributed by atoms with Crippen molar-refractivity contribution in [2.75, 3.05) is 18.0 Å². The standard InChI is InChI=1S/C15H19ClN4O2/c16-14-12(7-17-18-15(14)22)19-6-5-11-9(8-19)1-4-13(21)20(11)10-2-3-10/h7,9-11H,1-6,8H2,(H,18,22)/t9-,11-/m0/s1. The van der Waals surface area contributed by atoms with E-state index in [2.05, 4.69) is 20.0 Å². The molecule has 1 saturated carbocycles. The van der Waals surface area contributed by atoms with Crippen molar-refractivity contribution < 1.29 is 4.79 Å². The van der Waals surface area contributed by atoms with Crippen LogP contribution in [-0.4, -0.2) is 46.2 Å². The van der Waals surface area contributed by atoms with Gasteiger partial charge in [-0.1, -0.05) is 11.6 Å². The molecule has 1 amide bonds. The molecule has 4 rings (SSSR count). The van der Waals surface area contributed by atoms with Gasteiger partial charge in [0.25, 0.3) is 5.56 Å². The molecule has 2 saturated heterocycles. The molecule has 22 heavy (non-hydrogen) atoms. The molecule has 2 atom stereocenters. The van der Waals surface area contributed by atoms with Crippen LogP contribution in [0.2, 0.25) is 5.02 Å². The summed E-state index contributed by atoms with van der Waals surface area (Å²) in [5, 5.41) is 6.42. The van der Waals surface area contributed by atoms with Gasteiger partial charge in [0.1, 0.15) is 5.02 Å². The Kier molecular flexibility index (Phi) is 3.36. The highest BCUT2D eigenvalue weighted by molar-refractivity contribution is 6.33. The Bertz CT molecular complexity index is 657. The van der Waals surface area contributed by atoms with E-state index in [1.165, 1.54) is 0 Å². The van der Waals surface area contributed by atoms with E-state index in [9.17, 15) is 9.59 Å². The Morgan fingerprint density at radius 2 is 2.05 bits per heavy atom. The number of likely N-dealkylation sites (tertiary alicyclic amines) is 1. The lowest BCUT2D eigenvalue weighted by atomic mass is 9.83. The van der Waals surface area contributed by atoms with E-state index in [1.54, 1.807) is 6.20 Å². The van der Waals surface area contributed by atoms with Crippen LogP contribution in [-0.2, 0) is 4.79 Å². The van der Waals surface area contributed by atoms with Crippen molar-refractivity contribution in [1.29, 1.82) is 0 Å². The highest BCUT2D eigenvalue weighted by Crippen LogP contribution is 2.40. The third kappa shape index (κ3) is 2.29. The Morgan fingerprint density at radius 1 is 1.23 bits per heavy atom. The first-order valence-electron chi connectivity index (χ1n) is 7.94. The highest BCUT2D eigenvalue weighted by Gasteiger charge is 2.45. The zero-order valence-corrected chi connectivity index (χ0v) is 13.1. The molecule has 0 unspecified atom stereocenters. The summed E-state index contributed by atoms with van der Waals surface area (Å²) in [6, 6.07) is 0.843. The molecule has 3 aliphatic rings. The van der Waals surface area contributed by atoms with Gasteiger partial charge in [-0.2, -0.15) is 5.10 Å². The second-order valence-electron chi connectivity index (χ2n) is 6.53. The molecule has 118 valence electrons. The van der Waals surface area contributed by atoms with Crippen LogP contribution >= 0.6 is 11.6 Å². The number of aromatic amines is 1. The van der Waals surface area contributed by atoms with Crippen molar-refractivity contribution in [2.45, 2.75) is 44.2 Å². The lowest BCUT2D eigenvalue weighted by molar-refractivity contribution is -0.140. The molecule has 0 aromatic carbocycles. The molecule has 3 heterocycles. The van der Waals surface area contributed by atoms with Crippen molar-refractivity contribution in [3.05, 3.63) is 21.6 Å². The van der Waals surface area contributed by atoms with Crippen LogP contribution in [0, 0.1) is 5.92 Å². The van der Waals surface area contributed by atoms with Crippen LogP contribution in [0.4, 0.5) is 5.69 Å². The molecule has 0 spiro atoms.